The van der Waals surface area contributed by atoms with E-state index in [1.165, 1.54) is 16.9 Å². The van der Waals surface area contributed by atoms with Gasteiger partial charge in [-0.1, -0.05) is 39.3 Å². The van der Waals surface area contributed by atoms with Crippen LogP contribution in [-0.2, 0) is 12.8 Å². The zero-order valence-electron chi connectivity index (χ0n) is 15.6. The predicted molar refractivity (Wildman–Crippen MR) is 106 cm³/mol. The Hall–Kier alpha value is -2.01. The van der Waals surface area contributed by atoms with Crippen LogP contribution in [0.3, 0.4) is 0 Å². The van der Waals surface area contributed by atoms with Crippen LogP contribution in [-0.4, -0.2) is 11.0 Å². The Morgan fingerprint density at radius 1 is 1.23 bits per heavy atom. The number of phenolic OH excluding ortho intramolecular Hbond substituents is 1. The Balaban J connectivity index is 1.63. The van der Waals surface area contributed by atoms with E-state index in [2.05, 4.69) is 31.4 Å². The van der Waals surface area contributed by atoms with Gasteiger partial charge in [-0.25, -0.2) is 0 Å². The van der Waals surface area contributed by atoms with E-state index >= 15 is 0 Å². The molecule has 0 saturated carbocycles. The lowest BCUT2D eigenvalue weighted by molar-refractivity contribution is 0.0934. The molecule has 2 aliphatic rings. The van der Waals surface area contributed by atoms with Crippen molar-refractivity contribution in [1.29, 1.82) is 0 Å². The van der Waals surface area contributed by atoms with Crippen LogP contribution in [0.5, 0.6) is 5.75 Å². The highest BCUT2D eigenvalue weighted by Gasteiger charge is 2.37. The van der Waals surface area contributed by atoms with Crippen molar-refractivity contribution in [3.05, 3.63) is 45.8 Å². The Morgan fingerprint density at radius 3 is 2.65 bits per heavy atom. The number of rotatable bonds is 3. The molecule has 1 aromatic heterocycles. The molecule has 2 aromatic rings. The number of amides is 1. The van der Waals surface area contributed by atoms with Gasteiger partial charge in [-0.15, -0.1) is 11.3 Å². The minimum Gasteiger partial charge on any atom is -0.508 e. The average Bonchev–Trinajstić information content (AvgIpc) is 3.00. The van der Waals surface area contributed by atoms with E-state index < -0.39 is 0 Å². The van der Waals surface area contributed by atoms with Crippen LogP contribution in [0.1, 0.15) is 66.1 Å². The summed E-state index contributed by atoms with van der Waals surface area (Å²) >= 11 is 1.75. The first-order valence-corrected chi connectivity index (χ1v) is 10.2. The molecule has 0 unspecified atom stereocenters. The monoisotopic (exact) mass is 370 g/mol. The van der Waals surface area contributed by atoms with Gasteiger partial charge < -0.3 is 15.7 Å². The normalized spacial score (nSPS) is 22.2. The van der Waals surface area contributed by atoms with Crippen LogP contribution in [0.15, 0.2) is 24.3 Å². The van der Waals surface area contributed by atoms with Gasteiger partial charge >= 0.3 is 0 Å². The van der Waals surface area contributed by atoms with E-state index in [-0.39, 0.29) is 17.8 Å². The molecule has 4 rings (SSSR count). The maximum atomic E-state index is 12.8. The molecule has 0 saturated heterocycles. The summed E-state index contributed by atoms with van der Waals surface area (Å²) in [5.74, 6) is 0.923. The zero-order valence-corrected chi connectivity index (χ0v) is 16.4. The quantitative estimate of drug-likeness (QED) is 0.724. The van der Waals surface area contributed by atoms with Crippen molar-refractivity contribution in [3.63, 3.8) is 0 Å². The first-order chi connectivity index (χ1) is 12.4. The first kappa shape index (κ1) is 17.4. The number of hydrogen-bond acceptors (Lipinski definition) is 4. The number of benzene rings is 1. The van der Waals surface area contributed by atoms with Crippen LogP contribution in [0.25, 0.3) is 0 Å². The highest BCUT2D eigenvalue weighted by molar-refractivity contribution is 7.16. The summed E-state index contributed by atoms with van der Waals surface area (Å²) in [6, 6.07) is 6.97. The second-order valence-corrected chi connectivity index (χ2v) is 9.24. The second-order valence-electron chi connectivity index (χ2n) is 8.13. The first-order valence-electron chi connectivity index (χ1n) is 9.40. The van der Waals surface area contributed by atoms with E-state index in [1.54, 1.807) is 23.5 Å². The van der Waals surface area contributed by atoms with Gasteiger partial charge in [-0.2, -0.15) is 0 Å². The van der Waals surface area contributed by atoms with Crippen molar-refractivity contribution >= 4 is 22.2 Å². The van der Waals surface area contributed by atoms with Gasteiger partial charge in [0.05, 0.1) is 5.56 Å². The number of phenols is 1. The highest BCUT2D eigenvalue weighted by atomic mass is 32.1. The van der Waals surface area contributed by atoms with Crippen LogP contribution >= 0.6 is 11.3 Å². The third kappa shape index (κ3) is 2.88. The topological polar surface area (TPSA) is 61.4 Å². The largest absolute Gasteiger partial charge is 0.508 e. The van der Waals surface area contributed by atoms with Gasteiger partial charge in [0.25, 0.3) is 5.91 Å². The Labute approximate surface area is 158 Å². The Kier molecular flexibility index (Phi) is 4.22. The molecule has 26 heavy (non-hydrogen) atoms. The minimum atomic E-state index is -0.251. The third-order valence-corrected chi connectivity index (χ3v) is 7.47. The maximum Gasteiger partial charge on any atom is 0.256 e. The van der Waals surface area contributed by atoms with Crippen LogP contribution in [0.2, 0.25) is 0 Å². The predicted octanol–water partition coefficient (Wildman–Crippen LogP) is 4.85. The van der Waals surface area contributed by atoms with Crippen molar-refractivity contribution < 1.29 is 9.90 Å². The summed E-state index contributed by atoms with van der Waals surface area (Å²) in [7, 11) is 0. The van der Waals surface area contributed by atoms with E-state index in [0.717, 1.165) is 35.4 Å². The van der Waals surface area contributed by atoms with Crippen molar-refractivity contribution in [1.82, 2.24) is 5.32 Å². The average molecular weight is 371 g/mol. The third-order valence-electron chi connectivity index (χ3n) is 6.29. The summed E-state index contributed by atoms with van der Waals surface area (Å²) in [4.78, 5) is 14.2. The molecule has 3 N–H and O–H groups in total. The van der Waals surface area contributed by atoms with E-state index in [0.29, 0.717) is 11.3 Å². The number of nitrogens with one attached hydrogen (secondary N) is 2. The van der Waals surface area contributed by atoms with E-state index in [1.807, 2.05) is 12.1 Å². The second kappa shape index (κ2) is 6.31. The fourth-order valence-corrected chi connectivity index (χ4v) is 5.44. The fourth-order valence-electron chi connectivity index (χ4n) is 4.09. The number of thiophene rings is 1. The fraction of sp³-hybridized carbons (Fsp3) is 0.476. The molecule has 1 amide bonds. The van der Waals surface area contributed by atoms with Gasteiger partial charge in [0.1, 0.15) is 16.9 Å². The number of fused-ring (bicyclic) bond motifs is 3. The lowest BCUT2D eigenvalue weighted by Gasteiger charge is -2.36. The molecule has 0 radical (unpaired) electrons. The summed E-state index contributed by atoms with van der Waals surface area (Å²) in [6.07, 6.45) is 4.16. The van der Waals surface area contributed by atoms with Gasteiger partial charge in [-0.3, -0.25) is 4.79 Å². The summed E-state index contributed by atoms with van der Waals surface area (Å²) in [6.45, 7) is 7.00. The molecule has 1 aromatic carbocycles. The van der Waals surface area contributed by atoms with Gasteiger partial charge in [-0.05, 0) is 53.9 Å². The number of aromatic hydroxyl groups is 1. The molecule has 2 atom stereocenters. The molecule has 4 nitrogen and oxygen atoms in total. The van der Waals surface area contributed by atoms with Crippen molar-refractivity contribution in [2.75, 3.05) is 5.32 Å². The minimum absolute atomic E-state index is 0.0162. The molecule has 138 valence electrons. The van der Waals surface area contributed by atoms with E-state index in [9.17, 15) is 9.90 Å². The molecule has 1 aliphatic carbocycles. The lowest BCUT2D eigenvalue weighted by Crippen LogP contribution is -2.38. The maximum absolute atomic E-state index is 12.8. The molecule has 5 heteroatoms. The SMILES string of the molecule is CCC(C)(C)[C@H]1CCc2c(sc3c2C(=O)N[C@@H](c2ccc(O)cc2)N3)C1. The zero-order chi connectivity index (χ0) is 18.5. The standard InChI is InChI=1S/C21H26N2O2S/c1-4-21(2,3)13-7-10-15-16(11-13)26-20-17(15)19(25)22-18(23-20)12-5-8-14(24)9-6-12/h5-6,8-9,13,18,23-24H,4,7,10-11H2,1-3H3,(H,22,25)/t13-,18+/m0/s1. The molecular weight excluding hydrogens is 344 g/mol. The number of carbonyl (C=O) groups excluding carboxylic acids is 1. The van der Waals surface area contributed by atoms with Crippen LogP contribution in [0, 0.1) is 11.3 Å². The number of hydrogen-bond donors (Lipinski definition) is 3. The Bertz CT molecular complexity index is 838. The number of anilines is 1. The van der Waals surface area contributed by atoms with Gasteiger partial charge in [0.15, 0.2) is 0 Å². The Morgan fingerprint density at radius 2 is 1.96 bits per heavy atom. The highest BCUT2D eigenvalue weighted by Crippen LogP contribution is 2.46. The lowest BCUT2D eigenvalue weighted by atomic mass is 9.69. The summed E-state index contributed by atoms with van der Waals surface area (Å²) < 4.78 is 0. The van der Waals surface area contributed by atoms with Crippen molar-refractivity contribution in [2.45, 2.75) is 52.6 Å². The molecular formula is C21H26N2O2S. The van der Waals surface area contributed by atoms with Gasteiger partial charge in [0.2, 0.25) is 0 Å². The van der Waals surface area contributed by atoms with Crippen molar-refractivity contribution in [3.8, 4) is 5.75 Å². The molecule has 0 spiro atoms. The number of carbonyl (C=O) groups is 1. The summed E-state index contributed by atoms with van der Waals surface area (Å²) in [5.41, 5.74) is 3.39. The van der Waals surface area contributed by atoms with Gasteiger partial charge in [0, 0.05) is 4.88 Å². The smallest absolute Gasteiger partial charge is 0.256 e. The van der Waals surface area contributed by atoms with Crippen LogP contribution < -0.4 is 10.6 Å². The van der Waals surface area contributed by atoms with E-state index in [4.69, 9.17) is 0 Å². The summed E-state index contributed by atoms with van der Waals surface area (Å²) in [5, 5.41) is 17.0. The molecule has 1 aliphatic heterocycles. The van der Waals surface area contributed by atoms with Crippen LogP contribution in [0.4, 0.5) is 5.00 Å². The molecule has 2 heterocycles. The molecule has 0 bridgehead atoms. The van der Waals surface area contributed by atoms with Crippen molar-refractivity contribution in [2.24, 2.45) is 11.3 Å². The molecule has 0 fully saturated rings.